The largest absolute Gasteiger partial charge is 0.497 e. The molecule has 0 spiro atoms. The molecule has 0 saturated carbocycles. The van der Waals surface area contributed by atoms with Crippen LogP contribution in [-0.2, 0) is 20.7 Å². The molecule has 0 radical (unpaired) electrons. The number of carbonyl (C=O) groups excluding carboxylic acids is 2. The monoisotopic (exact) mass is 335 g/mol. The Hall–Kier alpha value is -2.50. The topological polar surface area (TPSA) is 73.9 Å². The van der Waals surface area contributed by atoms with Gasteiger partial charge in [0.2, 0.25) is 0 Å². The molecule has 24 heavy (non-hydrogen) atoms. The molecule has 6 nitrogen and oxygen atoms in total. The van der Waals surface area contributed by atoms with Crippen molar-refractivity contribution in [2.45, 2.75) is 38.8 Å². The highest BCUT2D eigenvalue weighted by molar-refractivity contribution is 5.82. The van der Waals surface area contributed by atoms with Crippen LogP contribution < -0.4 is 10.1 Å². The number of carbonyl (C=O) groups is 2. The number of benzene rings is 1. The third-order valence-electron chi connectivity index (χ3n) is 2.98. The summed E-state index contributed by atoms with van der Waals surface area (Å²) in [6.07, 6.45) is 2.82. The zero-order valence-corrected chi connectivity index (χ0v) is 14.8. The van der Waals surface area contributed by atoms with Crippen LogP contribution in [-0.4, -0.2) is 37.9 Å². The summed E-state index contributed by atoms with van der Waals surface area (Å²) in [5, 5.41) is 2.74. The summed E-state index contributed by atoms with van der Waals surface area (Å²) >= 11 is 0. The lowest BCUT2D eigenvalue weighted by atomic mass is 10.1. The molecule has 0 aliphatic carbocycles. The van der Waals surface area contributed by atoms with E-state index in [1.807, 2.05) is 24.3 Å². The highest BCUT2D eigenvalue weighted by atomic mass is 16.6. The van der Waals surface area contributed by atoms with Crippen molar-refractivity contribution in [3.05, 3.63) is 42.0 Å². The van der Waals surface area contributed by atoms with Gasteiger partial charge in [0, 0.05) is 6.08 Å². The Morgan fingerprint density at radius 3 is 2.29 bits per heavy atom. The maximum atomic E-state index is 12.0. The van der Waals surface area contributed by atoms with Crippen LogP contribution in [0.15, 0.2) is 36.4 Å². The van der Waals surface area contributed by atoms with Gasteiger partial charge < -0.3 is 19.5 Å². The molecule has 6 heteroatoms. The van der Waals surface area contributed by atoms with Crippen LogP contribution >= 0.6 is 0 Å². The van der Waals surface area contributed by atoms with Crippen LogP contribution in [0, 0.1) is 0 Å². The normalized spacial score (nSPS) is 12.5. The van der Waals surface area contributed by atoms with Gasteiger partial charge in [0.25, 0.3) is 0 Å². The summed E-state index contributed by atoms with van der Waals surface area (Å²) in [6, 6.07) is 7.06. The van der Waals surface area contributed by atoms with Gasteiger partial charge in [-0.2, -0.15) is 0 Å². The van der Waals surface area contributed by atoms with E-state index < -0.39 is 23.7 Å². The first-order valence-corrected chi connectivity index (χ1v) is 7.62. The van der Waals surface area contributed by atoms with Crippen molar-refractivity contribution >= 4 is 12.1 Å². The smallest absolute Gasteiger partial charge is 0.408 e. The van der Waals surface area contributed by atoms with Crippen LogP contribution in [0.1, 0.15) is 26.3 Å². The van der Waals surface area contributed by atoms with Crippen molar-refractivity contribution in [3.63, 3.8) is 0 Å². The summed E-state index contributed by atoms with van der Waals surface area (Å²) in [4.78, 5) is 23.3. The summed E-state index contributed by atoms with van der Waals surface area (Å²) in [7, 11) is 2.90. The molecule has 1 aromatic carbocycles. The van der Waals surface area contributed by atoms with E-state index in [9.17, 15) is 9.59 Å². The first-order chi connectivity index (χ1) is 11.2. The van der Waals surface area contributed by atoms with Gasteiger partial charge in [-0.3, -0.25) is 0 Å². The van der Waals surface area contributed by atoms with Crippen molar-refractivity contribution in [1.29, 1.82) is 0 Å². The predicted molar refractivity (Wildman–Crippen MR) is 91.0 cm³/mol. The molecule has 1 amide bonds. The van der Waals surface area contributed by atoms with Crippen LogP contribution in [0.25, 0.3) is 0 Å². The van der Waals surface area contributed by atoms with Crippen molar-refractivity contribution in [1.82, 2.24) is 5.32 Å². The van der Waals surface area contributed by atoms with Gasteiger partial charge in [0.1, 0.15) is 11.4 Å². The van der Waals surface area contributed by atoms with Crippen molar-refractivity contribution in [2.75, 3.05) is 14.2 Å². The molecule has 1 rings (SSSR count). The number of esters is 1. The molecular weight excluding hydrogens is 310 g/mol. The maximum absolute atomic E-state index is 12.0. The highest BCUT2D eigenvalue weighted by Crippen LogP contribution is 2.14. The predicted octanol–water partition coefficient (Wildman–Crippen LogP) is 2.86. The van der Waals surface area contributed by atoms with Gasteiger partial charge in [-0.1, -0.05) is 18.2 Å². The summed E-state index contributed by atoms with van der Waals surface area (Å²) in [5.74, 6) is 0.265. The molecule has 132 valence electrons. The zero-order valence-electron chi connectivity index (χ0n) is 14.8. The molecule has 0 saturated heterocycles. The second-order valence-corrected chi connectivity index (χ2v) is 6.19. The number of methoxy groups -OCH3 is 2. The summed E-state index contributed by atoms with van der Waals surface area (Å²) in [6.45, 7) is 5.36. The first kappa shape index (κ1) is 19.5. The summed E-state index contributed by atoms with van der Waals surface area (Å²) in [5.41, 5.74) is 0.382. The van der Waals surface area contributed by atoms with E-state index in [0.717, 1.165) is 11.3 Å². The van der Waals surface area contributed by atoms with E-state index in [-0.39, 0.29) is 0 Å². The maximum Gasteiger partial charge on any atom is 0.408 e. The average molecular weight is 335 g/mol. The average Bonchev–Trinajstić information content (AvgIpc) is 2.51. The van der Waals surface area contributed by atoms with E-state index in [2.05, 4.69) is 10.1 Å². The van der Waals surface area contributed by atoms with Gasteiger partial charge >= 0.3 is 12.1 Å². The van der Waals surface area contributed by atoms with Crippen LogP contribution in [0.3, 0.4) is 0 Å². The number of alkyl carbamates (subject to hydrolysis) is 1. The molecule has 0 unspecified atom stereocenters. The Kier molecular flexibility index (Phi) is 7.30. The van der Waals surface area contributed by atoms with Gasteiger partial charge in [-0.05, 0) is 44.9 Å². The molecule has 0 aromatic heterocycles. The third kappa shape index (κ3) is 7.67. The van der Waals surface area contributed by atoms with Crippen LogP contribution in [0.5, 0.6) is 5.75 Å². The number of nitrogens with one attached hydrogen (secondary N) is 1. The molecule has 1 N–H and O–H groups in total. The van der Waals surface area contributed by atoms with E-state index in [0.29, 0.717) is 6.42 Å². The molecule has 1 atom stereocenters. The number of hydrogen-bond acceptors (Lipinski definition) is 5. The number of rotatable bonds is 6. The molecule has 0 bridgehead atoms. The van der Waals surface area contributed by atoms with E-state index in [4.69, 9.17) is 9.47 Å². The molecule has 0 heterocycles. The fourth-order valence-electron chi connectivity index (χ4n) is 1.90. The van der Waals surface area contributed by atoms with Crippen molar-refractivity contribution in [3.8, 4) is 5.75 Å². The third-order valence-corrected chi connectivity index (χ3v) is 2.98. The molecule has 0 aliphatic heterocycles. The Bertz CT molecular complexity index is 572. The minimum atomic E-state index is -0.596. The Balaban J connectivity index is 2.81. The standard InChI is InChI=1S/C18H25NO5/c1-18(2,3)24-17(21)19-14(8-11-16(20)23-5)12-13-6-9-15(22-4)10-7-13/h6-11,14H,12H2,1-5H3,(H,19,21)/b11-8-/t14-/m0/s1. The van der Waals surface area contributed by atoms with Crippen LogP contribution in [0.4, 0.5) is 4.79 Å². The fourth-order valence-corrected chi connectivity index (χ4v) is 1.90. The lowest BCUT2D eigenvalue weighted by Crippen LogP contribution is -2.39. The van der Waals surface area contributed by atoms with E-state index in [1.54, 1.807) is 34.0 Å². The highest BCUT2D eigenvalue weighted by Gasteiger charge is 2.18. The number of amides is 1. The van der Waals surface area contributed by atoms with Gasteiger partial charge in [0.15, 0.2) is 0 Å². The minimum absolute atomic E-state index is 0.410. The second kappa shape index (κ2) is 8.96. The molecule has 0 aliphatic rings. The number of hydrogen-bond donors (Lipinski definition) is 1. The quantitative estimate of drug-likeness (QED) is 0.639. The Morgan fingerprint density at radius 2 is 1.79 bits per heavy atom. The SMILES string of the molecule is COC(=O)/C=C\[C@@H](Cc1ccc(OC)cc1)NC(=O)OC(C)(C)C. The van der Waals surface area contributed by atoms with E-state index >= 15 is 0 Å². The second-order valence-electron chi connectivity index (χ2n) is 6.19. The Labute approximate surface area is 142 Å². The minimum Gasteiger partial charge on any atom is -0.497 e. The molecular formula is C18H25NO5. The fraction of sp³-hybridized carbons (Fsp3) is 0.444. The van der Waals surface area contributed by atoms with Crippen LogP contribution in [0.2, 0.25) is 0 Å². The lowest BCUT2D eigenvalue weighted by molar-refractivity contribution is -0.134. The lowest BCUT2D eigenvalue weighted by Gasteiger charge is -2.22. The zero-order chi connectivity index (χ0) is 18.2. The first-order valence-electron chi connectivity index (χ1n) is 7.62. The van der Waals surface area contributed by atoms with Gasteiger partial charge in [0.05, 0.1) is 20.3 Å². The van der Waals surface area contributed by atoms with Crippen molar-refractivity contribution in [2.24, 2.45) is 0 Å². The van der Waals surface area contributed by atoms with E-state index in [1.165, 1.54) is 13.2 Å². The Morgan fingerprint density at radius 1 is 1.17 bits per heavy atom. The summed E-state index contributed by atoms with van der Waals surface area (Å²) < 4.78 is 15.0. The number of ether oxygens (including phenoxy) is 3. The van der Waals surface area contributed by atoms with Gasteiger partial charge in [-0.25, -0.2) is 9.59 Å². The molecule has 0 fully saturated rings. The molecule has 1 aromatic rings. The van der Waals surface area contributed by atoms with Gasteiger partial charge in [-0.15, -0.1) is 0 Å². The van der Waals surface area contributed by atoms with Crippen molar-refractivity contribution < 1.29 is 23.8 Å².